The van der Waals surface area contributed by atoms with Crippen molar-refractivity contribution in [3.8, 4) is 0 Å². The molecule has 0 spiro atoms. The molecule has 0 rings (SSSR count). The number of carbonyl (C=O) groups is 3. The Morgan fingerprint density at radius 1 is 0.808 bits per heavy atom. The summed E-state index contributed by atoms with van der Waals surface area (Å²) in [7, 11) is 0. The topological polar surface area (TPSA) is 178 Å². The molecule has 0 saturated heterocycles. The summed E-state index contributed by atoms with van der Waals surface area (Å²) in [5.41, 5.74) is 0. The van der Waals surface area contributed by atoms with Gasteiger partial charge in [-0.3, -0.25) is 0 Å². The van der Waals surface area contributed by atoms with Crippen molar-refractivity contribution in [3.63, 3.8) is 0 Å². The van der Waals surface area contributed by atoms with E-state index in [9.17, 15) is 24.6 Å². The number of aldehydes is 1. The molecule has 0 aromatic carbocycles. The molecule has 0 aliphatic carbocycles. The molecule has 9 nitrogen and oxygen atoms in total. The molecule has 0 fully saturated rings. The number of rotatable bonds is 13. The second-order valence-corrected chi connectivity index (χ2v) is 5.23. The first kappa shape index (κ1) is 35.2. The van der Waals surface area contributed by atoms with E-state index in [-0.39, 0.29) is 122 Å². The molecular weight excluding hydrogens is 402 g/mol. The van der Waals surface area contributed by atoms with Crippen molar-refractivity contribution in [2.45, 2.75) is 69.7 Å². The van der Waals surface area contributed by atoms with Gasteiger partial charge >= 0.3 is 103 Å². The normalized spacial score (nSPS) is 12.9. The van der Waals surface area contributed by atoms with Gasteiger partial charge in [-0.1, -0.05) is 25.7 Å². The van der Waals surface area contributed by atoms with E-state index in [2.05, 4.69) is 0 Å². The van der Waals surface area contributed by atoms with E-state index in [1.54, 1.807) is 0 Å². The van der Waals surface area contributed by atoms with Crippen LogP contribution in [0.25, 0.3) is 0 Å². The minimum absolute atomic E-state index is 0. The average molecular weight is 429 g/mol. The van der Waals surface area contributed by atoms with Gasteiger partial charge in [0.15, 0.2) is 6.29 Å². The van der Waals surface area contributed by atoms with Crippen LogP contribution in [-0.4, -0.2) is 63.6 Å². The van der Waals surface area contributed by atoms with Crippen molar-refractivity contribution in [2.24, 2.45) is 0 Å². The molecular formula is C15H26K2O9. The molecule has 0 aliphatic heterocycles. The molecule has 0 aromatic heterocycles. The molecule has 0 radical (unpaired) electrons. The fraction of sp³-hybridized carbons (Fsp3) is 0.800. The van der Waals surface area contributed by atoms with Crippen LogP contribution < -0.4 is 113 Å². The zero-order valence-corrected chi connectivity index (χ0v) is 21.7. The Morgan fingerprint density at radius 3 is 1.42 bits per heavy atom. The summed E-state index contributed by atoms with van der Waals surface area (Å²) in [4.78, 5) is 29.8. The third-order valence-corrected chi connectivity index (χ3v) is 3.08. The number of carbonyl (C=O) groups excluding carboxylic acids is 3. The molecule has 0 bridgehead atoms. The summed E-state index contributed by atoms with van der Waals surface area (Å²) < 4.78 is 0. The minimum atomic E-state index is -1.64. The first-order valence-electron chi connectivity index (χ1n) is 7.76. The number of carboxylic acid groups (broad SMARTS) is 2. The first-order chi connectivity index (χ1) is 11.3. The van der Waals surface area contributed by atoms with E-state index in [0.29, 0.717) is 12.8 Å². The predicted octanol–water partition coefficient (Wildman–Crippen LogP) is -9.12. The number of aliphatic hydroxyl groups excluding tert-OH is 4. The number of hydrogen-bond acceptors (Lipinski definition) is 9. The zero-order chi connectivity index (χ0) is 19.0. The molecule has 3 atom stereocenters. The summed E-state index contributed by atoms with van der Waals surface area (Å²) in [6, 6.07) is 0. The van der Waals surface area contributed by atoms with Crippen molar-refractivity contribution in [1.82, 2.24) is 0 Å². The Balaban J connectivity index is -0.000000181. The van der Waals surface area contributed by atoms with Gasteiger partial charge in [0, 0.05) is 11.9 Å². The fourth-order valence-corrected chi connectivity index (χ4v) is 1.66. The van der Waals surface area contributed by atoms with Crippen molar-refractivity contribution >= 4 is 18.2 Å². The molecule has 0 heterocycles. The summed E-state index contributed by atoms with van der Waals surface area (Å²) >= 11 is 0. The summed E-state index contributed by atoms with van der Waals surface area (Å²) in [5.74, 6) is -2.00. The van der Waals surface area contributed by atoms with Gasteiger partial charge < -0.3 is 45.0 Å². The van der Waals surface area contributed by atoms with E-state index in [4.69, 9.17) is 20.4 Å². The maximum absolute atomic E-state index is 10.0. The van der Waals surface area contributed by atoms with Gasteiger partial charge in [-0.15, -0.1) is 0 Å². The molecule has 0 aliphatic rings. The molecule has 0 saturated carbocycles. The van der Waals surface area contributed by atoms with Gasteiger partial charge in [-0.2, -0.15) is 0 Å². The molecule has 0 amide bonds. The first-order valence-corrected chi connectivity index (χ1v) is 7.76. The quantitative estimate of drug-likeness (QED) is 0.126. The van der Waals surface area contributed by atoms with Crippen molar-refractivity contribution < 1.29 is 148 Å². The van der Waals surface area contributed by atoms with Gasteiger partial charge in [0.2, 0.25) is 0 Å². The van der Waals surface area contributed by atoms with Gasteiger partial charge in [0.05, 0.1) is 6.61 Å². The molecule has 0 aromatic rings. The van der Waals surface area contributed by atoms with Gasteiger partial charge in [0.25, 0.3) is 0 Å². The van der Waals surface area contributed by atoms with E-state index in [0.717, 1.165) is 25.7 Å². The van der Waals surface area contributed by atoms with Crippen molar-refractivity contribution in [2.75, 3.05) is 6.61 Å². The Kier molecular flexibility index (Phi) is 33.5. The van der Waals surface area contributed by atoms with Crippen LogP contribution >= 0.6 is 0 Å². The minimum Gasteiger partial charge on any atom is -0.550 e. The molecule has 11 heteroatoms. The third kappa shape index (κ3) is 25.7. The largest absolute Gasteiger partial charge is 1.00 e. The molecule has 4 N–H and O–H groups in total. The molecule has 26 heavy (non-hydrogen) atoms. The summed E-state index contributed by atoms with van der Waals surface area (Å²) in [6.07, 6.45) is 0.594. The molecule has 3 unspecified atom stereocenters. The van der Waals surface area contributed by atoms with E-state index >= 15 is 0 Å². The number of aliphatic hydroxyl groups is 4. The maximum Gasteiger partial charge on any atom is 1.00 e. The van der Waals surface area contributed by atoms with Crippen LogP contribution in [-0.2, 0) is 14.4 Å². The van der Waals surface area contributed by atoms with E-state index in [1.165, 1.54) is 0 Å². The summed E-state index contributed by atoms with van der Waals surface area (Å²) in [5, 5.41) is 54.1. The van der Waals surface area contributed by atoms with Crippen LogP contribution in [0.15, 0.2) is 0 Å². The fourth-order valence-electron chi connectivity index (χ4n) is 1.66. The van der Waals surface area contributed by atoms with Gasteiger partial charge in [0.1, 0.15) is 18.3 Å². The second-order valence-electron chi connectivity index (χ2n) is 5.23. The number of carboxylic acids is 2. The van der Waals surface area contributed by atoms with Crippen LogP contribution in [0, 0.1) is 0 Å². The van der Waals surface area contributed by atoms with Crippen LogP contribution in [0.2, 0.25) is 0 Å². The summed E-state index contributed by atoms with van der Waals surface area (Å²) in [6.45, 7) is -0.688. The Hall–Kier alpha value is 1.72. The van der Waals surface area contributed by atoms with Crippen molar-refractivity contribution in [1.29, 1.82) is 0 Å². The monoisotopic (exact) mass is 428 g/mol. The third-order valence-electron chi connectivity index (χ3n) is 3.08. The Bertz CT molecular complexity index is 336. The Labute approximate surface area is 238 Å². The molecule has 142 valence electrons. The zero-order valence-electron chi connectivity index (χ0n) is 15.5. The number of hydrogen-bond donors (Lipinski definition) is 4. The van der Waals surface area contributed by atoms with E-state index in [1.807, 2.05) is 0 Å². The van der Waals surface area contributed by atoms with E-state index < -0.39 is 36.9 Å². The van der Waals surface area contributed by atoms with Crippen molar-refractivity contribution in [3.05, 3.63) is 0 Å². The average Bonchev–Trinajstić information content (AvgIpc) is 2.55. The van der Waals surface area contributed by atoms with Gasteiger partial charge in [-0.25, -0.2) is 0 Å². The predicted molar refractivity (Wildman–Crippen MR) is 78.1 cm³/mol. The van der Waals surface area contributed by atoms with Crippen LogP contribution in [0.3, 0.4) is 0 Å². The standard InChI is InChI=1S/C10H18O4.C5H10O5.2K/c11-9(12)7-5-3-1-2-4-6-8-10(13)14;6-1-3(8)5(10)4(9)2-7;;/h1-8H2,(H,11,12)(H,13,14);1,3-5,7-10H,2H2;;/q;;2*+1/p-2. The SMILES string of the molecule is O=C([O-])CCCCCCCCC(=O)[O-].O=CC(O)C(O)C(O)CO.[K+].[K+]. The smallest absolute Gasteiger partial charge is 0.550 e. The van der Waals surface area contributed by atoms with Crippen LogP contribution in [0.5, 0.6) is 0 Å². The number of unbranched alkanes of at least 4 members (excludes halogenated alkanes) is 5. The van der Waals surface area contributed by atoms with Gasteiger partial charge in [-0.05, 0) is 25.7 Å². The number of aliphatic carboxylic acids is 2. The van der Waals surface area contributed by atoms with Crippen LogP contribution in [0.1, 0.15) is 51.4 Å². The Morgan fingerprint density at radius 2 is 1.15 bits per heavy atom. The maximum atomic E-state index is 10.0. The van der Waals surface area contributed by atoms with Crippen LogP contribution in [0.4, 0.5) is 0 Å². The second kappa shape index (κ2) is 24.8.